The summed E-state index contributed by atoms with van der Waals surface area (Å²) >= 11 is 0. The van der Waals surface area contributed by atoms with E-state index in [9.17, 15) is 9.59 Å². The molecule has 14 heavy (non-hydrogen) atoms. The summed E-state index contributed by atoms with van der Waals surface area (Å²) < 4.78 is 0. The summed E-state index contributed by atoms with van der Waals surface area (Å²) in [6, 6.07) is -0.795. The molecule has 5 nitrogen and oxygen atoms in total. The Morgan fingerprint density at radius 2 is 1.71 bits per heavy atom. The summed E-state index contributed by atoms with van der Waals surface area (Å²) in [5.74, 6) is -4.20. The molecule has 0 aliphatic heterocycles. The van der Waals surface area contributed by atoms with Crippen LogP contribution < -0.4 is 5.73 Å². The van der Waals surface area contributed by atoms with E-state index in [2.05, 4.69) is 0 Å². The van der Waals surface area contributed by atoms with Crippen molar-refractivity contribution in [2.45, 2.75) is 38.6 Å². The van der Waals surface area contributed by atoms with Crippen molar-refractivity contribution in [2.75, 3.05) is 0 Å². The molecule has 1 atom stereocenters. The van der Waals surface area contributed by atoms with E-state index >= 15 is 0 Å². The van der Waals surface area contributed by atoms with Crippen LogP contribution in [-0.4, -0.2) is 28.2 Å². The Morgan fingerprint density at radius 3 is 2.07 bits per heavy atom. The van der Waals surface area contributed by atoms with Gasteiger partial charge in [-0.2, -0.15) is 0 Å². The van der Waals surface area contributed by atoms with Gasteiger partial charge in [-0.15, -0.1) is 0 Å². The number of hydrogen-bond acceptors (Lipinski definition) is 3. The predicted molar refractivity (Wildman–Crippen MR) is 50.9 cm³/mol. The zero-order valence-corrected chi connectivity index (χ0v) is 8.27. The highest BCUT2D eigenvalue weighted by molar-refractivity contribution is 5.93. The molecule has 0 rings (SSSR count). The van der Waals surface area contributed by atoms with Gasteiger partial charge in [0.05, 0.1) is 0 Å². The van der Waals surface area contributed by atoms with E-state index in [0.29, 0.717) is 6.42 Å². The van der Waals surface area contributed by atoms with Crippen LogP contribution in [0.5, 0.6) is 0 Å². The molecule has 0 aromatic heterocycles. The van der Waals surface area contributed by atoms with Gasteiger partial charge in [0.1, 0.15) is 0 Å². The summed E-state index contributed by atoms with van der Waals surface area (Å²) in [5.41, 5.74) is 5.50. The van der Waals surface area contributed by atoms with Crippen molar-refractivity contribution in [3.8, 4) is 0 Å². The van der Waals surface area contributed by atoms with Crippen molar-refractivity contribution in [3.05, 3.63) is 0 Å². The van der Waals surface area contributed by atoms with Crippen molar-refractivity contribution in [1.29, 1.82) is 0 Å². The van der Waals surface area contributed by atoms with Crippen molar-refractivity contribution in [3.63, 3.8) is 0 Å². The quantitative estimate of drug-likeness (QED) is 0.417. The molecular formula is C9H17NO4. The van der Waals surface area contributed by atoms with E-state index in [4.69, 9.17) is 15.9 Å². The summed E-state index contributed by atoms with van der Waals surface area (Å²) in [6.45, 7) is 2.01. The lowest BCUT2D eigenvalue weighted by atomic mass is 9.96. The van der Waals surface area contributed by atoms with Crippen LogP contribution in [0.2, 0.25) is 0 Å². The maximum atomic E-state index is 10.6. The zero-order valence-electron chi connectivity index (χ0n) is 8.27. The van der Waals surface area contributed by atoms with Crippen LogP contribution in [0.4, 0.5) is 0 Å². The minimum Gasteiger partial charge on any atom is -0.481 e. The van der Waals surface area contributed by atoms with Crippen LogP contribution in [0.1, 0.15) is 32.6 Å². The number of carboxylic acids is 2. The first kappa shape index (κ1) is 12.9. The first-order valence-electron chi connectivity index (χ1n) is 4.71. The molecule has 0 aromatic rings. The van der Waals surface area contributed by atoms with Crippen molar-refractivity contribution >= 4 is 11.9 Å². The highest BCUT2D eigenvalue weighted by Crippen LogP contribution is 2.10. The molecule has 0 aliphatic rings. The first-order valence-corrected chi connectivity index (χ1v) is 4.71. The van der Waals surface area contributed by atoms with Gasteiger partial charge in [0.2, 0.25) is 0 Å². The Labute approximate surface area is 82.9 Å². The van der Waals surface area contributed by atoms with Crippen LogP contribution >= 0.6 is 0 Å². The fourth-order valence-corrected chi connectivity index (χ4v) is 1.27. The monoisotopic (exact) mass is 203 g/mol. The Hall–Kier alpha value is -1.10. The van der Waals surface area contributed by atoms with Crippen molar-refractivity contribution in [2.24, 2.45) is 11.7 Å². The van der Waals surface area contributed by atoms with Gasteiger partial charge in [0.25, 0.3) is 0 Å². The fourth-order valence-electron chi connectivity index (χ4n) is 1.27. The minimum absolute atomic E-state index is 0.442. The average molecular weight is 203 g/mol. The largest absolute Gasteiger partial charge is 0.481 e. The van der Waals surface area contributed by atoms with Gasteiger partial charge in [-0.3, -0.25) is 9.59 Å². The maximum Gasteiger partial charge on any atom is 0.319 e. The summed E-state index contributed by atoms with van der Waals surface area (Å²) in [7, 11) is 0. The van der Waals surface area contributed by atoms with E-state index in [1.807, 2.05) is 6.92 Å². The van der Waals surface area contributed by atoms with Gasteiger partial charge in [-0.25, -0.2) is 0 Å². The molecule has 0 radical (unpaired) electrons. The standard InChI is InChI=1S/C9H17NO4/c1-2-3-4-5-6(10)7(8(11)12)9(13)14/h6-7H,2-5,10H2,1H3,(H,11,12)(H,13,14). The summed E-state index contributed by atoms with van der Waals surface area (Å²) in [6.07, 6.45) is 3.16. The maximum absolute atomic E-state index is 10.6. The summed E-state index contributed by atoms with van der Waals surface area (Å²) in [5, 5.41) is 17.2. The molecule has 0 spiro atoms. The lowest BCUT2D eigenvalue weighted by molar-refractivity contribution is -0.155. The lowest BCUT2D eigenvalue weighted by Gasteiger charge is -2.15. The van der Waals surface area contributed by atoms with Gasteiger partial charge >= 0.3 is 11.9 Å². The average Bonchev–Trinajstić information content (AvgIpc) is 2.03. The fraction of sp³-hybridized carbons (Fsp3) is 0.778. The van der Waals surface area contributed by atoms with E-state index in [1.54, 1.807) is 0 Å². The van der Waals surface area contributed by atoms with Gasteiger partial charge in [-0.1, -0.05) is 26.2 Å². The third-order valence-corrected chi connectivity index (χ3v) is 2.10. The topological polar surface area (TPSA) is 101 Å². The van der Waals surface area contributed by atoms with Crippen LogP contribution in [-0.2, 0) is 9.59 Å². The van der Waals surface area contributed by atoms with Crippen LogP contribution in [0.15, 0.2) is 0 Å². The van der Waals surface area contributed by atoms with Crippen LogP contribution in [0.3, 0.4) is 0 Å². The molecule has 4 N–H and O–H groups in total. The molecular weight excluding hydrogens is 186 g/mol. The number of rotatable bonds is 7. The third-order valence-electron chi connectivity index (χ3n) is 2.10. The second kappa shape index (κ2) is 6.37. The molecule has 5 heteroatoms. The smallest absolute Gasteiger partial charge is 0.319 e. The predicted octanol–water partition coefficient (Wildman–Crippen LogP) is 0.679. The number of nitrogens with two attached hydrogens (primary N) is 1. The molecule has 0 aromatic carbocycles. The molecule has 0 aliphatic carbocycles. The molecule has 1 unspecified atom stereocenters. The Bertz CT molecular complexity index is 191. The number of carboxylic acid groups (broad SMARTS) is 2. The Morgan fingerprint density at radius 1 is 1.21 bits per heavy atom. The van der Waals surface area contributed by atoms with Gasteiger partial charge in [-0.05, 0) is 6.42 Å². The molecule has 0 fully saturated rings. The molecule has 0 saturated carbocycles. The van der Waals surface area contributed by atoms with Crippen molar-refractivity contribution in [1.82, 2.24) is 0 Å². The molecule has 82 valence electrons. The third kappa shape index (κ3) is 4.23. The summed E-state index contributed by atoms with van der Waals surface area (Å²) in [4.78, 5) is 21.1. The zero-order chi connectivity index (χ0) is 11.1. The van der Waals surface area contributed by atoms with E-state index in [0.717, 1.165) is 19.3 Å². The number of hydrogen-bond donors (Lipinski definition) is 3. The molecule has 0 heterocycles. The highest BCUT2D eigenvalue weighted by atomic mass is 16.4. The SMILES string of the molecule is CCCCCC(N)C(C(=O)O)C(=O)O. The van der Waals surface area contributed by atoms with Crippen molar-refractivity contribution < 1.29 is 19.8 Å². The number of unbranched alkanes of at least 4 members (excludes halogenated alkanes) is 2. The van der Waals surface area contributed by atoms with Gasteiger partial charge in [0.15, 0.2) is 5.92 Å². The molecule has 0 amide bonds. The second-order valence-corrected chi connectivity index (χ2v) is 3.31. The highest BCUT2D eigenvalue weighted by Gasteiger charge is 2.31. The van der Waals surface area contributed by atoms with Gasteiger partial charge in [0, 0.05) is 6.04 Å². The Kier molecular flexibility index (Phi) is 5.87. The normalized spacial score (nSPS) is 12.8. The molecule has 0 bridgehead atoms. The number of carbonyl (C=O) groups is 2. The van der Waals surface area contributed by atoms with E-state index in [1.165, 1.54) is 0 Å². The Balaban J connectivity index is 4.09. The van der Waals surface area contributed by atoms with E-state index in [-0.39, 0.29) is 0 Å². The minimum atomic E-state index is -1.48. The second-order valence-electron chi connectivity index (χ2n) is 3.31. The van der Waals surface area contributed by atoms with Crippen LogP contribution in [0.25, 0.3) is 0 Å². The lowest BCUT2D eigenvalue weighted by Crippen LogP contribution is -2.40. The van der Waals surface area contributed by atoms with Crippen LogP contribution in [0, 0.1) is 5.92 Å². The van der Waals surface area contributed by atoms with Gasteiger partial charge < -0.3 is 15.9 Å². The van der Waals surface area contributed by atoms with E-state index < -0.39 is 23.9 Å². The molecule has 0 saturated heterocycles. The first-order chi connectivity index (χ1) is 6.50. The number of aliphatic carboxylic acids is 2.